The first kappa shape index (κ1) is 22.2. The lowest BCUT2D eigenvalue weighted by Gasteiger charge is -2.34. The van der Waals surface area contributed by atoms with Crippen molar-refractivity contribution in [3.8, 4) is 0 Å². The molecule has 0 aromatic carbocycles. The Labute approximate surface area is 169 Å². The highest BCUT2D eigenvalue weighted by Crippen LogP contribution is 2.41. The number of allylic oxidation sites excluding steroid dienone is 5. The summed E-state index contributed by atoms with van der Waals surface area (Å²) < 4.78 is 0. The van der Waals surface area contributed by atoms with Crippen molar-refractivity contribution in [2.45, 2.75) is 79.2 Å². The molecule has 0 spiro atoms. The summed E-state index contributed by atoms with van der Waals surface area (Å²) in [6, 6.07) is 0.0427. The third-order valence-corrected chi connectivity index (χ3v) is 5.70. The molecule has 0 aromatic heterocycles. The normalized spacial score (nSPS) is 23.4. The molecule has 2 aliphatic carbocycles. The van der Waals surface area contributed by atoms with Gasteiger partial charge in [-0.1, -0.05) is 43.6 Å². The molecule has 2 aliphatic rings. The van der Waals surface area contributed by atoms with Gasteiger partial charge in [-0.05, 0) is 59.3 Å². The number of rotatable bonds is 8. The van der Waals surface area contributed by atoms with Crippen molar-refractivity contribution >= 4 is 11.6 Å². The van der Waals surface area contributed by atoms with Crippen molar-refractivity contribution < 1.29 is 14.7 Å². The first-order valence-electron chi connectivity index (χ1n) is 10.5. The highest BCUT2D eigenvalue weighted by molar-refractivity contribution is 6.50. The molecule has 0 bridgehead atoms. The lowest BCUT2D eigenvalue weighted by Crippen LogP contribution is -2.37. The van der Waals surface area contributed by atoms with E-state index < -0.39 is 11.6 Å². The SMILES string of the molecule is C=C(C)[C@@H]1CCC(C)=C[C@H]1C1=C(O)C(NC(C)C)=C(CCCCC)C(=O)C1=O. The van der Waals surface area contributed by atoms with Gasteiger partial charge in [-0.15, -0.1) is 0 Å². The lowest BCUT2D eigenvalue weighted by atomic mass is 9.70. The van der Waals surface area contributed by atoms with E-state index in [4.69, 9.17) is 0 Å². The maximum Gasteiger partial charge on any atom is 0.233 e. The van der Waals surface area contributed by atoms with Gasteiger partial charge in [0.1, 0.15) is 5.76 Å². The van der Waals surface area contributed by atoms with Gasteiger partial charge in [-0.25, -0.2) is 0 Å². The smallest absolute Gasteiger partial charge is 0.233 e. The van der Waals surface area contributed by atoms with Gasteiger partial charge in [0, 0.05) is 17.5 Å². The Balaban J connectivity index is 2.59. The van der Waals surface area contributed by atoms with Crippen molar-refractivity contribution in [3.05, 3.63) is 46.4 Å². The molecule has 2 N–H and O–H groups in total. The van der Waals surface area contributed by atoms with Crippen LogP contribution in [0.4, 0.5) is 0 Å². The van der Waals surface area contributed by atoms with Crippen LogP contribution < -0.4 is 5.32 Å². The predicted octanol–water partition coefficient (Wildman–Crippen LogP) is 5.33. The standard InChI is InChI=1S/C24H35NO3/c1-7-8-9-10-18-21(25-15(4)5)23(27)20(24(28)22(18)26)19-13-16(6)11-12-17(19)14(2)3/h13,15,17,19,25,27H,2,7-12H2,1,3-6H3/t17-,19+/m0/s1. The highest BCUT2D eigenvalue weighted by Gasteiger charge is 2.41. The molecule has 4 heteroatoms. The van der Waals surface area contributed by atoms with Crippen LogP contribution in [0.25, 0.3) is 0 Å². The summed E-state index contributed by atoms with van der Waals surface area (Å²) in [5.41, 5.74) is 3.27. The Morgan fingerprint density at radius 3 is 2.54 bits per heavy atom. The van der Waals surface area contributed by atoms with Crippen LogP contribution in [0.5, 0.6) is 0 Å². The summed E-state index contributed by atoms with van der Waals surface area (Å²) in [4.78, 5) is 26.1. The summed E-state index contributed by atoms with van der Waals surface area (Å²) in [6.45, 7) is 14.1. The Kier molecular flexibility index (Phi) is 7.45. The van der Waals surface area contributed by atoms with Crippen molar-refractivity contribution in [1.82, 2.24) is 5.32 Å². The van der Waals surface area contributed by atoms with E-state index in [1.807, 2.05) is 33.8 Å². The minimum absolute atomic E-state index is 0.0427. The van der Waals surface area contributed by atoms with E-state index in [1.165, 1.54) is 5.57 Å². The fourth-order valence-corrected chi connectivity index (χ4v) is 4.21. The molecule has 0 aliphatic heterocycles. The Bertz CT molecular complexity index is 752. The number of carbonyl (C=O) groups is 2. The maximum absolute atomic E-state index is 13.1. The summed E-state index contributed by atoms with van der Waals surface area (Å²) in [7, 11) is 0. The van der Waals surface area contributed by atoms with Crippen LogP contribution in [0, 0.1) is 11.8 Å². The van der Waals surface area contributed by atoms with E-state index in [9.17, 15) is 14.7 Å². The van der Waals surface area contributed by atoms with Crippen LogP contribution in [0.15, 0.2) is 46.4 Å². The number of nitrogens with one attached hydrogen (secondary N) is 1. The van der Waals surface area contributed by atoms with E-state index >= 15 is 0 Å². The van der Waals surface area contributed by atoms with Crippen LogP contribution in [0.1, 0.15) is 73.1 Å². The molecule has 0 saturated heterocycles. The highest BCUT2D eigenvalue weighted by atomic mass is 16.3. The number of aliphatic hydroxyl groups is 1. The fraction of sp³-hybridized carbons (Fsp3) is 0.583. The zero-order chi connectivity index (χ0) is 21.0. The molecule has 2 atom stereocenters. The Morgan fingerprint density at radius 2 is 1.96 bits per heavy atom. The molecule has 0 saturated carbocycles. The van der Waals surface area contributed by atoms with Gasteiger partial charge in [0.15, 0.2) is 0 Å². The number of hydrogen-bond acceptors (Lipinski definition) is 4. The molecule has 28 heavy (non-hydrogen) atoms. The zero-order valence-corrected chi connectivity index (χ0v) is 18.0. The summed E-state index contributed by atoms with van der Waals surface area (Å²) in [5.74, 6) is -1.32. The topological polar surface area (TPSA) is 66.4 Å². The minimum Gasteiger partial charge on any atom is -0.505 e. The van der Waals surface area contributed by atoms with Crippen molar-refractivity contribution in [3.63, 3.8) is 0 Å². The number of aliphatic hydroxyl groups excluding tert-OH is 1. The second-order valence-corrected chi connectivity index (χ2v) is 8.56. The molecule has 0 aromatic rings. The van der Waals surface area contributed by atoms with Gasteiger partial charge in [-0.3, -0.25) is 9.59 Å². The molecule has 2 rings (SSSR count). The monoisotopic (exact) mass is 385 g/mol. The van der Waals surface area contributed by atoms with Crippen molar-refractivity contribution in [2.24, 2.45) is 11.8 Å². The van der Waals surface area contributed by atoms with E-state index in [0.29, 0.717) is 17.7 Å². The number of carbonyl (C=O) groups excluding carboxylic acids is 2. The molecule has 0 unspecified atom stereocenters. The summed E-state index contributed by atoms with van der Waals surface area (Å²) >= 11 is 0. The average molecular weight is 386 g/mol. The number of unbranched alkanes of at least 4 members (excludes halogenated alkanes) is 2. The minimum atomic E-state index is -0.555. The molecule has 0 heterocycles. The fourth-order valence-electron chi connectivity index (χ4n) is 4.21. The van der Waals surface area contributed by atoms with Crippen LogP contribution in [0.2, 0.25) is 0 Å². The molecule has 0 fully saturated rings. The maximum atomic E-state index is 13.1. The zero-order valence-electron chi connectivity index (χ0n) is 18.0. The molecule has 154 valence electrons. The van der Waals surface area contributed by atoms with Gasteiger partial charge < -0.3 is 10.4 Å². The number of hydrogen-bond donors (Lipinski definition) is 2. The third kappa shape index (κ3) is 4.65. The van der Waals surface area contributed by atoms with Crippen LogP contribution in [0.3, 0.4) is 0 Å². The van der Waals surface area contributed by atoms with E-state index in [0.717, 1.165) is 37.7 Å². The van der Waals surface area contributed by atoms with Crippen LogP contribution in [-0.4, -0.2) is 22.7 Å². The quantitative estimate of drug-likeness (QED) is 0.256. The molecular weight excluding hydrogens is 350 g/mol. The lowest BCUT2D eigenvalue weighted by molar-refractivity contribution is -0.133. The molecule has 4 nitrogen and oxygen atoms in total. The summed E-state index contributed by atoms with van der Waals surface area (Å²) in [6.07, 6.45) is 7.21. The average Bonchev–Trinajstić information content (AvgIpc) is 2.62. The molecule has 0 amide bonds. The van der Waals surface area contributed by atoms with E-state index in [1.54, 1.807) is 0 Å². The number of ketones is 2. The Morgan fingerprint density at radius 1 is 1.29 bits per heavy atom. The second kappa shape index (κ2) is 9.40. The van der Waals surface area contributed by atoms with Crippen LogP contribution in [-0.2, 0) is 9.59 Å². The molecular formula is C24H35NO3. The van der Waals surface area contributed by atoms with E-state index in [2.05, 4.69) is 18.8 Å². The number of Topliss-reactive ketones (excluding diaryl/α,β-unsaturated/α-hetero) is 2. The first-order valence-corrected chi connectivity index (χ1v) is 10.5. The molecule has 0 radical (unpaired) electrons. The van der Waals surface area contributed by atoms with Gasteiger partial charge in [-0.2, -0.15) is 0 Å². The van der Waals surface area contributed by atoms with Gasteiger partial charge in [0.25, 0.3) is 0 Å². The van der Waals surface area contributed by atoms with Crippen LogP contribution >= 0.6 is 0 Å². The van der Waals surface area contributed by atoms with Gasteiger partial charge >= 0.3 is 0 Å². The van der Waals surface area contributed by atoms with Crippen molar-refractivity contribution in [2.75, 3.05) is 0 Å². The third-order valence-electron chi connectivity index (χ3n) is 5.70. The second-order valence-electron chi connectivity index (χ2n) is 8.56. The van der Waals surface area contributed by atoms with Gasteiger partial charge in [0.05, 0.1) is 11.3 Å². The Hall–Kier alpha value is -2.10. The van der Waals surface area contributed by atoms with Crippen molar-refractivity contribution in [1.29, 1.82) is 0 Å². The van der Waals surface area contributed by atoms with Gasteiger partial charge in [0.2, 0.25) is 11.6 Å². The van der Waals surface area contributed by atoms with E-state index in [-0.39, 0.29) is 29.2 Å². The first-order chi connectivity index (χ1) is 13.2. The predicted molar refractivity (Wildman–Crippen MR) is 114 cm³/mol. The largest absolute Gasteiger partial charge is 0.505 e. The summed E-state index contributed by atoms with van der Waals surface area (Å²) in [5, 5.41) is 14.4.